The molecule has 0 radical (unpaired) electrons. The van der Waals surface area contributed by atoms with Crippen LogP contribution in [0.3, 0.4) is 0 Å². The van der Waals surface area contributed by atoms with Gasteiger partial charge in [-0.05, 0) is 37.6 Å². The van der Waals surface area contributed by atoms with Gasteiger partial charge in [0.2, 0.25) is 5.91 Å². The van der Waals surface area contributed by atoms with Gasteiger partial charge in [0.25, 0.3) is 0 Å². The summed E-state index contributed by atoms with van der Waals surface area (Å²) >= 11 is 6.02. The smallest absolute Gasteiger partial charge is 0.224 e. The molecule has 18 heavy (non-hydrogen) atoms. The second-order valence-corrected chi connectivity index (χ2v) is 5.15. The van der Waals surface area contributed by atoms with Crippen LogP contribution in [0.2, 0.25) is 5.02 Å². The largest absolute Gasteiger partial charge is 0.325 e. The predicted octanol–water partition coefficient (Wildman–Crippen LogP) is 3.37. The fourth-order valence-corrected chi connectivity index (χ4v) is 1.75. The zero-order chi connectivity index (χ0) is 13.5. The van der Waals surface area contributed by atoms with E-state index in [-0.39, 0.29) is 5.91 Å². The number of hydrogen-bond acceptors (Lipinski definition) is 2. The van der Waals surface area contributed by atoms with E-state index in [0.29, 0.717) is 23.2 Å². The molecule has 1 aromatic carbocycles. The van der Waals surface area contributed by atoms with Crippen LogP contribution >= 0.6 is 11.6 Å². The van der Waals surface area contributed by atoms with Gasteiger partial charge in [-0.2, -0.15) is 0 Å². The van der Waals surface area contributed by atoms with Crippen LogP contribution in [0.5, 0.6) is 0 Å². The molecule has 1 aromatic rings. The third kappa shape index (κ3) is 5.52. The summed E-state index contributed by atoms with van der Waals surface area (Å²) in [7, 11) is 0. The van der Waals surface area contributed by atoms with Crippen LogP contribution in [-0.2, 0) is 4.79 Å². The number of halogens is 1. The zero-order valence-electron chi connectivity index (χ0n) is 11.2. The summed E-state index contributed by atoms with van der Waals surface area (Å²) in [6.45, 7) is 7.00. The molecule has 0 unspecified atom stereocenters. The molecule has 0 aliphatic heterocycles. The lowest BCUT2D eigenvalue weighted by atomic mass is 10.2. The number of hydrogen-bond donors (Lipinski definition) is 2. The van der Waals surface area contributed by atoms with E-state index in [2.05, 4.69) is 24.5 Å². The molecule has 0 heterocycles. The highest BCUT2D eigenvalue weighted by molar-refractivity contribution is 6.33. The Hall–Kier alpha value is -1.06. The first-order valence-electron chi connectivity index (χ1n) is 6.28. The van der Waals surface area contributed by atoms with Crippen molar-refractivity contribution in [2.45, 2.75) is 39.7 Å². The minimum atomic E-state index is 0.00746. The molecule has 1 amide bonds. The molecule has 100 valence electrons. The molecule has 0 aliphatic rings. The van der Waals surface area contributed by atoms with Gasteiger partial charge in [-0.25, -0.2) is 0 Å². The molecule has 0 saturated heterocycles. The van der Waals surface area contributed by atoms with E-state index >= 15 is 0 Å². The van der Waals surface area contributed by atoms with Crippen LogP contribution in [0, 0.1) is 6.92 Å². The second-order valence-electron chi connectivity index (χ2n) is 4.74. The van der Waals surface area contributed by atoms with Crippen LogP contribution < -0.4 is 10.6 Å². The summed E-state index contributed by atoms with van der Waals surface area (Å²) in [6, 6.07) is 6.06. The standard InChI is InChI=1S/C14H21ClN2O/c1-10(2)16-8-4-5-14(18)17-13-9-11(3)6-7-12(13)15/h6-7,9-10,16H,4-5,8H2,1-3H3,(H,17,18). The highest BCUT2D eigenvalue weighted by Crippen LogP contribution is 2.22. The highest BCUT2D eigenvalue weighted by atomic mass is 35.5. The monoisotopic (exact) mass is 268 g/mol. The SMILES string of the molecule is Cc1ccc(Cl)c(NC(=O)CCCNC(C)C)c1. The molecular formula is C14H21ClN2O. The lowest BCUT2D eigenvalue weighted by Gasteiger charge is -2.09. The Kier molecular flexibility index (Phi) is 6.16. The molecule has 0 aromatic heterocycles. The topological polar surface area (TPSA) is 41.1 Å². The number of anilines is 1. The Bertz CT molecular complexity index is 405. The van der Waals surface area contributed by atoms with E-state index in [0.717, 1.165) is 18.5 Å². The first-order chi connectivity index (χ1) is 8.49. The van der Waals surface area contributed by atoms with Crippen molar-refractivity contribution < 1.29 is 4.79 Å². The maximum Gasteiger partial charge on any atom is 0.224 e. The number of amides is 1. The zero-order valence-corrected chi connectivity index (χ0v) is 12.0. The van der Waals surface area contributed by atoms with Gasteiger partial charge >= 0.3 is 0 Å². The van der Waals surface area contributed by atoms with Gasteiger partial charge in [-0.3, -0.25) is 4.79 Å². The number of benzene rings is 1. The van der Waals surface area contributed by atoms with Gasteiger partial charge in [-0.1, -0.05) is 31.5 Å². The summed E-state index contributed by atoms with van der Waals surface area (Å²) in [5.41, 5.74) is 1.77. The minimum absolute atomic E-state index is 0.00746. The lowest BCUT2D eigenvalue weighted by molar-refractivity contribution is -0.116. The van der Waals surface area contributed by atoms with Gasteiger partial charge < -0.3 is 10.6 Å². The lowest BCUT2D eigenvalue weighted by Crippen LogP contribution is -2.24. The normalized spacial score (nSPS) is 10.7. The van der Waals surface area contributed by atoms with Crippen molar-refractivity contribution in [2.24, 2.45) is 0 Å². The van der Waals surface area contributed by atoms with Crippen LogP contribution in [0.15, 0.2) is 18.2 Å². The molecule has 0 aliphatic carbocycles. The van der Waals surface area contributed by atoms with Crippen molar-refractivity contribution in [1.29, 1.82) is 0 Å². The molecule has 1 rings (SSSR count). The van der Waals surface area contributed by atoms with E-state index in [9.17, 15) is 4.79 Å². The van der Waals surface area contributed by atoms with Crippen LogP contribution in [0.4, 0.5) is 5.69 Å². The van der Waals surface area contributed by atoms with E-state index in [1.807, 2.05) is 19.1 Å². The summed E-state index contributed by atoms with van der Waals surface area (Å²) in [6.07, 6.45) is 1.33. The van der Waals surface area contributed by atoms with Gasteiger partial charge in [0.05, 0.1) is 10.7 Å². The molecule has 0 saturated carbocycles. The van der Waals surface area contributed by atoms with Crippen molar-refractivity contribution in [3.05, 3.63) is 28.8 Å². The summed E-state index contributed by atoms with van der Waals surface area (Å²) in [5, 5.41) is 6.70. The minimum Gasteiger partial charge on any atom is -0.325 e. The maximum absolute atomic E-state index is 11.7. The van der Waals surface area contributed by atoms with Crippen molar-refractivity contribution in [2.75, 3.05) is 11.9 Å². The number of carbonyl (C=O) groups is 1. The Morgan fingerprint density at radius 3 is 2.78 bits per heavy atom. The highest BCUT2D eigenvalue weighted by Gasteiger charge is 2.06. The Labute approximate surface area is 114 Å². The molecule has 0 spiro atoms. The molecule has 0 atom stereocenters. The average molecular weight is 269 g/mol. The Morgan fingerprint density at radius 2 is 2.11 bits per heavy atom. The van der Waals surface area contributed by atoms with E-state index in [1.54, 1.807) is 6.07 Å². The molecule has 4 heteroatoms. The summed E-state index contributed by atoms with van der Waals surface area (Å²) in [4.78, 5) is 11.7. The number of carbonyl (C=O) groups excluding carboxylic acids is 1. The average Bonchev–Trinajstić information content (AvgIpc) is 2.29. The van der Waals surface area contributed by atoms with E-state index in [1.165, 1.54) is 0 Å². The van der Waals surface area contributed by atoms with Crippen molar-refractivity contribution in [1.82, 2.24) is 5.32 Å². The first-order valence-corrected chi connectivity index (χ1v) is 6.66. The third-order valence-electron chi connectivity index (χ3n) is 2.53. The van der Waals surface area contributed by atoms with Gasteiger partial charge in [0.15, 0.2) is 0 Å². The number of aryl methyl sites for hydroxylation is 1. The molecule has 0 fully saturated rings. The van der Waals surface area contributed by atoms with Crippen molar-refractivity contribution >= 4 is 23.2 Å². The fourth-order valence-electron chi connectivity index (χ4n) is 1.59. The first kappa shape index (κ1) is 15.0. The Morgan fingerprint density at radius 1 is 1.39 bits per heavy atom. The molecule has 3 nitrogen and oxygen atoms in total. The molecule has 0 bridgehead atoms. The van der Waals surface area contributed by atoms with Crippen LogP contribution in [-0.4, -0.2) is 18.5 Å². The summed E-state index contributed by atoms with van der Waals surface area (Å²) < 4.78 is 0. The second kappa shape index (κ2) is 7.39. The fraction of sp³-hybridized carbons (Fsp3) is 0.500. The molecule has 2 N–H and O–H groups in total. The quantitative estimate of drug-likeness (QED) is 0.777. The maximum atomic E-state index is 11.7. The van der Waals surface area contributed by atoms with Gasteiger partial charge in [0.1, 0.15) is 0 Å². The predicted molar refractivity (Wildman–Crippen MR) is 77.2 cm³/mol. The summed E-state index contributed by atoms with van der Waals surface area (Å²) in [5.74, 6) is 0.00746. The van der Waals surface area contributed by atoms with Crippen LogP contribution in [0.25, 0.3) is 0 Å². The number of rotatable bonds is 6. The molecular weight excluding hydrogens is 248 g/mol. The van der Waals surface area contributed by atoms with Gasteiger partial charge in [-0.15, -0.1) is 0 Å². The van der Waals surface area contributed by atoms with E-state index < -0.39 is 0 Å². The van der Waals surface area contributed by atoms with Crippen molar-refractivity contribution in [3.63, 3.8) is 0 Å². The van der Waals surface area contributed by atoms with E-state index in [4.69, 9.17) is 11.6 Å². The number of nitrogens with one attached hydrogen (secondary N) is 2. The van der Waals surface area contributed by atoms with Crippen molar-refractivity contribution in [3.8, 4) is 0 Å². The third-order valence-corrected chi connectivity index (χ3v) is 2.86. The van der Waals surface area contributed by atoms with Gasteiger partial charge in [0, 0.05) is 12.5 Å². The van der Waals surface area contributed by atoms with Crippen LogP contribution in [0.1, 0.15) is 32.3 Å². The Balaban J connectivity index is 2.38.